The van der Waals surface area contributed by atoms with Crippen LogP contribution in [0.1, 0.15) is 17.7 Å². The Labute approximate surface area is 128 Å². The highest BCUT2D eigenvalue weighted by molar-refractivity contribution is 6.11. The van der Waals surface area contributed by atoms with Crippen molar-refractivity contribution in [3.63, 3.8) is 0 Å². The van der Waals surface area contributed by atoms with Crippen molar-refractivity contribution >= 4 is 11.4 Å². The third-order valence-electron chi connectivity index (χ3n) is 2.95. The molecule has 23 heavy (non-hydrogen) atoms. The third-order valence-corrected chi connectivity index (χ3v) is 2.95. The van der Waals surface area contributed by atoms with Crippen molar-refractivity contribution in [2.24, 2.45) is 4.99 Å². The van der Waals surface area contributed by atoms with Crippen LogP contribution in [0.15, 0.2) is 46.0 Å². The minimum absolute atomic E-state index is 0.00471. The summed E-state index contributed by atoms with van der Waals surface area (Å²) in [6, 6.07) is 5.34. The molecule has 122 valence electrons. The first-order chi connectivity index (χ1) is 10.8. The van der Waals surface area contributed by atoms with E-state index in [4.69, 9.17) is 9.83 Å². The third kappa shape index (κ3) is 4.48. The summed E-state index contributed by atoms with van der Waals surface area (Å²) in [7, 11) is 0. The van der Waals surface area contributed by atoms with E-state index in [1.165, 1.54) is 18.4 Å². The van der Waals surface area contributed by atoms with Gasteiger partial charge in [0.25, 0.3) is 0 Å². The molecule has 0 spiro atoms. The summed E-state index contributed by atoms with van der Waals surface area (Å²) in [5, 5.41) is 7.61. The Morgan fingerprint density at radius 1 is 1.17 bits per heavy atom. The summed E-state index contributed by atoms with van der Waals surface area (Å²) in [5.74, 6) is -1.81. The lowest BCUT2D eigenvalue weighted by Gasteiger charge is -2.11. The summed E-state index contributed by atoms with van der Waals surface area (Å²) in [4.78, 5) is 3.35. The van der Waals surface area contributed by atoms with E-state index in [0.29, 0.717) is 6.07 Å². The molecule has 2 aromatic rings. The van der Waals surface area contributed by atoms with Gasteiger partial charge in [-0.15, -0.1) is 0 Å². The van der Waals surface area contributed by atoms with Gasteiger partial charge in [-0.25, -0.2) is 8.78 Å². The molecule has 1 heterocycles. The lowest BCUT2D eigenvalue weighted by atomic mass is 10.1. The van der Waals surface area contributed by atoms with Crippen LogP contribution in [-0.2, 0) is 6.54 Å². The molecule has 0 aliphatic carbocycles. The number of aliphatic imine (C=N–C) groups is 1. The van der Waals surface area contributed by atoms with Gasteiger partial charge in [-0.1, -0.05) is 6.07 Å². The van der Waals surface area contributed by atoms with Crippen molar-refractivity contribution in [3.8, 4) is 0 Å². The summed E-state index contributed by atoms with van der Waals surface area (Å²) in [6.45, 7) is -0.605. The molecule has 8 heteroatoms. The van der Waals surface area contributed by atoms with Crippen LogP contribution >= 0.6 is 0 Å². The maximum absolute atomic E-state index is 13.4. The van der Waals surface area contributed by atoms with Crippen LogP contribution in [0.5, 0.6) is 0 Å². The number of nitrogens with zero attached hydrogens (tertiary/aromatic N) is 1. The summed E-state index contributed by atoms with van der Waals surface area (Å²) >= 11 is 0. The number of rotatable bonds is 5. The summed E-state index contributed by atoms with van der Waals surface area (Å²) < 4.78 is 70.0. The van der Waals surface area contributed by atoms with E-state index in [9.17, 15) is 22.0 Å². The molecule has 1 aromatic carbocycles. The van der Waals surface area contributed by atoms with Gasteiger partial charge in [0.05, 0.1) is 18.5 Å². The number of hydrogen-bond donors (Lipinski definition) is 1. The second-order valence-electron chi connectivity index (χ2n) is 4.63. The predicted molar refractivity (Wildman–Crippen MR) is 73.7 cm³/mol. The topological polar surface area (TPSA) is 49.4 Å². The Morgan fingerprint density at radius 3 is 2.48 bits per heavy atom. The van der Waals surface area contributed by atoms with E-state index in [0.717, 1.165) is 12.1 Å². The fraction of sp³-hybridized carbons (Fsp3) is 0.200. The zero-order chi connectivity index (χ0) is 17.0. The van der Waals surface area contributed by atoms with Crippen molar-refractivity contribution in [2.45, 2.75) is 19.1 Å². The lowest BCUT2D eigenvalue weighted by molar-refractivity contribution is -0.0600. The largest absolute Gasteiger partial charge is 0.463 e. The van der Waals surface area contributed by atoms with Gasteiger partial charge in [0.15, 0.2) is 0 Å². The van der Waals surface area contributed by atoms with Gasteiger partial charge in [0, 0.05) is 18.1 Å². The minimum Gasteiger partial charge on any atom is -0.463 e. The van der Waals surface area contributed by atoms with Crippen molar-refractivity contribution < 1.29 is 26.4 Å². The van der Waals surface area contributed by atoms with Gasteiger partial charge >= 0.3 is 6.18 Å². The molecule has 0 saturated carbocycles. The SMILES string of the molecule is N=C(CC(=NCc1ccc(F)cc1F)C(F)(F)F)c1ccco1. The van der Waals surface area contributed by atoms with Gasteiger partial charge < -0.3 is 9.83 Å². The molecule has 1 aromatic heterocycles. The molecule has 0 bridgehead atoms. The standard InChI is InChI=1S/C15H11F5N2O/c16-10-4-3-9(11(17)6-10)8-22-14(15(18,19)20)7-12(21)13-2-1-5-23-13/h1-6,21H,7-8H2. The molecule has 2 rings (SSSR count). The molecule has 0 aliphatic heterocycles. The van der Waals surface area contributed by atoms with Crippen LogP contribution < -0.4 is 0 Å². The second kappa shape index (κ2) is 6.72. The lowest BCUT2D eigenvalue weighted by Crippen LogP contribution is -2.26. The van der Waals surface area contributed by atoms with Crippen LogP contribution in [-0.4, -0.2) is 17.6 Å². The molecule has 0 radical (unpaired) electrons. The maximum Gasteiger partial charge on any atom is 0.429 e. The number of hydrogen-bond acceptors (Lipinski definition) is 3. The average Bonchev–Trinajstić information content (AvgIpc) is 2.97. The fourth-order valence-electron chi connectivity index (χ4n) is 1.78. The number of alkyl halides is 3. The summed E-state index contributed by atoms with van der Waals surface area (Å²) in [5.41, 5.74) is -1.80. The number of furan rings is 1. The maximum atomic E-state index is 13.4. The number of benzene rings is 1. The van der Waals surface area contributed by atoms with Crippen LogP contribution in [0.25, 0.3) is 0 Å². The first-order valence-corrected chi connectivity index (χ1v) is 6.43. The number of halogens is 5. The predicted octanol–water partition coefficient (Wildman–Crippen LogP) is 4.52. The van der Waals surface area contributed by atoms with Gasteiger partial charge in [-0.3, -0.25) is 4.99 Å². The average molecular weight is 330 g/mol. The fourth-order valence-corrected chi connectivity index (χ4v) is 1.78. The van der Waals surface area contributed by atoms with E-state index >= 15 is 0 Å². The smallest absolute Gasteiger partial charge is 0.429 e. The molecule has 0 atom stereocenters. The molecule has 1 N–H and O–H groups in total. The van der Waals surface area contributed by atoms with Crippen molar-refractivity contribution in [1.29, 1.82) is 5.41 Å². The highest BCUT2D eigenvalue weighted by atomic mass is 19.4. The monoisotopic (exact) mass is 330 g/mol. The van der Waals surface area contributed by atoms with Crippen LogP contribution in [0.2, 0.25) is 0 Å². The quantitative estimate of drug-likeness (QED) is 0.636. The molecule has 0 unspecified atom stereocenters. The van der Waals surface area contributed by atoms with Gasteiger partial charge in [-0.05, 0) is 18.2 Å². The van der Waals surface area contributed by atoms with Crippen molar-refractivity contribution in [1.82, 2.24) is 0 Å². The Bertz CT molecular complexity index is 720. The van der Waals surface area contributed by atoms with Gasteiger partial charge in [0.2, 0.25) is 0 Å². The Morgan fingerprint density at radius 2 is 1.91 bits per heavy atom. The Kier molecular flexibility index (Phi) is 4.92. The van der Waals surface area contributed by atoms with Crippen LogP contribution in [0.3, 0.4) is 0 Å². The molecule has 0 fully saturated rings. The molecular formula is C15H11F5N2O. The highest BCUT2D eigenvalue weighted by Crippen LogP contribution is 2.22. The highest BCUT2D eigenvalue weighted by Gasteiger charge is 2.36. The van der Waals surface area contributed by atoms with Crippen LogP contribution in [0, 0.1) is 17.0 Å². The molecule has 3 nitrogen and oxygen atoms in total. The Balaban J connectivity index is 2.19. The van der Waals surface area contributed by atoms with E-state index in [2.05, 4.69) is 4.99 Å². The molecular weight excluding hydrogens is 319 g/mol. The van der Waals surface area contributed by atoms with Gasteiger partial charge in [-0.2, -0.15) is 13.2 Å². The zero-order valence-electron chi connectivity index (χ0n) is 11.6. The van der Waals surface area contributed by atoms with E-state index in [-0.39, 0.29) is 11.3 Å². The number of nitrogens with one attached hydrogen (secondary N) is 1. The van der Waals surface area contributed by atoms with Crippen molar-refractivity contribution in [2.75, 3.05) is 0 Å². The minimum atomic E-state index is -4.77. The Hall–Kier alpha value is -2.51. The molecule has 0 saturated heterocycles. The first-order valence-electron chi connectivity index (χ1n) is 6.43. The van der Waals surface area contributed by atoms with Crippen molar-refractivity contribution in [3.05, 3.63) is 59.6 Å². The van der Waals surface area contributed by atoms with Crippen LogP contribution in [0.4, 0.5) is 22.0 Å². The second-order valence-corrected chi connectivity index (χ2v) is 4.63. The molecule has 0 aliphatic rings. The van der Waals surface area contributed by atoms with E-state index < -0.39 is 42.2 Å². The normalized spacial score (nSPS) is 12.5. The van der Waals surface area contributed by atoms with E-state index in [1.54, 1.807) is 0 Å². The molecule has 0 amide bonds. The summed E-state index contributed by atoms with van der Waals surface area (Å²) in [6.07, 6.45) is -4.34. The van der Waals surface area contributed by atoms with Gasteiger partial charge in [0.1, 0.15) is 23.1 Å². The first kappa shape index (κ1) is 16.9. The zero-order valence-corrected chi connectivity index (χ0v) is 11.6. The van der Waals surface area contributed by atoms with E-state index in [1.807, 2.05) is 0 Å².